The van der Waals surface area contributed by atoms with Gasteiger partial charge < -0.3 is 0 Å². The zero-order valence-electron chi connectivity index (χ0n) is 8.56. The summed E-state index contributed by atoms with van der Waals surface area (Å²) in [5, 5.41) is 0.827. The fraction of sp³-hybridized carbons (Fsp3) is 0.0769. The summed E-state index contributed by atoms with van der Waals surface area (Å²) in [6, 6.07) is 11.8. The quantitative estimate of drug-likeness (QED) is 0.634. The fourth-order valence-corrected chi connectivity index (χ4v) is 1.81. The Morgan fingerprint density at radius 1 is 1.25 bits per heavy atom. The van der Waals surface area contributed by atoms with Crippen LogP contribution in [0.25, 0.3) is 11.3 Å². The Bertz CT molecular complexity index is 494. The lowest BCUT2D eigenvalue weighted by molar-refractivity contribution is 0.112. The second-order valence-electron chi connectivity index (χ2n) is 3.43. The molecule has 0 amide bonds. The topological polar surface area (TPSA) is 30.0 Å². The number of halogens is 1. The molecule has 0 unspecified atom stereocenters. The standard InChI is InChI=1S/C13H10BrNO/c14-7-10-2-1-3-12(6-10)13-5-4-11(9-16)8-15-13/h1-6,8-9H,7H2. The minimum atomic E-state index is 0.598. The van der Waals surface area contributed by atoms with Gasteiger partial charge in [0, 0.05) is 22.7 Å². The van der Waals surface area contributed by atoms with Crippen molar-refractivity contribution in [3.05, 3.63) is 53.7 Å². The van der Waals surface area contributed by atoms with Crippen LogP contribution in [-0.2, 0) is 5.33 Å². The number of aldehydes is 1. The van der Waals surface area contributed by atoms with Crippen LogP contribution in [0, 0.1) is 0 Å². The monoisotopic (exact) mass is 275 g/mol. The molecule has 0 spiro atoms. The SMILES string of the molecule is O=Cc1ccc(-c2cccc(CBr)c2)nc1. The average Bonchev–Trinajstić information content (AvgIpc) is 2.39. The van der Waals surface area contributed by atoms with Crippen LogP contribution < -0.4 is 0 Å². The molecule has 0 radical (unpaired) electrons. The van der Waals surface area contributed by atoms with E-state index in [9.17, 15) is 4.79 Å². The molecule has 0 atom stereocenters. The third kappa shape index (κ3) is 2.36. The largest absolute Gasteiger partial charge is 0.298 e. The molecule has 1 heterocycles. The number of carbonyl (C=O) groups excluding carboxylic acids is 1. The first-order valence-corrected chi connectivity index (χ1v) is 6.02. The summed E-state index contributed by atoms with van der Waals surface area (Å²) in [5.74, 6) is 0. The minimum Gasteiger partial charge on any atom is -0.298 e. The Balaban J connectivity index is 2.38. The minimum absolute atomic E-state index is 0.598. The molecule has 80 valence electrons. The van der Waals surface area contributed by atoms with Crippen molar-refractivity contribution in [1.82, 2.24) is 4.98 Å². The van der Waals surface area contributed by atoms with Gasteiger partial charge in [-0.2, -0.15) is 0 Å². The second kappa shape index (κ2) is 5.03. The molecular formula is C13H10BrNO. The van der Waals surface area contributed by atoms with E-state index >= 15 is 0 Å². The average molecular weight is 276 g/mol. The highest BCUT2D eigenvalue weighted by Crippen LogP contribution is 2.19. The molecule has 0 aliphatic carbocycles. The molecule has 1 aromatic heterocycles. The van der Waals surface area contributed by atoms with Crippen molar-refractivity contribution in [2.45, 2.75) is 5.33 Å². The van der Waals surface area contributed by atoms with E-state index in [2.05, 4.69) is 33.0 Å². The van der Waals surface area contributed by atoms with Crippen LogP contribution in [0.3, 0.4) is 0 Å². The normalized spacial score (nSPS) is 10.1. The lowest BCUT2D eigenvalue weighted by atomic mass is 10.1. The molecule has 16 heavy (non-hydrogen) atoms. The van der Waals surface area contributed by atoms with E-state index in [0.29, 0.717) is 5.56 Å². The predicted octanol–water partition coefficient (Wildman–Crippen LogP) is 3.46. The summed E-state index contributed by atoms with van der Waals surface area (Å²) in [6.45, 7) is 0. The van der Waals surface area contributed by atoms with Crippen LogP contribution in [0.2, 0.25) is 0 Å². The Morgan fingerprint density at radius 3 is 2.75 bits per heavy atom. The van der Waals surface area contributed by atoms with Gasteiger partial charge in [0.1, 0.15) is 0 Å². The number of benzene rings is 1. The van der Waals surface area contributed by atoms with Gasteiger partial charge in [-0.05, 0) is 23.8 Å². The molecular weight excluding hydrogens is 266 g/mol. The van der Waals surface area contributed by atoms with Crippen molar-refractivity contribution in [3.63, 3.8) is 0 Å². The van der Waals surface area contributed by atoms with Gasteiger partial charge >= 0.3 is 0 Å². The summed E-state index contributed by atoms with van der Waals surface area (Å²) in [7, 11) is 0. The highest BCUT2D eigenvalue weighted by molar-refractivity contribution is 9.08. The molecule has 1 aromatic carbocycles. The Morgan fingerprint density at radius 2 is 2.12 bits per heavy atom. The zero-order valence-corrected chi connectivity index (χ0v) is 10.1. The van der Waals surface area contributed by atoms with E-state index in [-0.39, 0.29) is 0 Å². The van der Waals surface area contributed by atoms with E-state index in [1.54, 1.807) is 12.3 Å². The van der Waals surface area contributed by atoms with Crippen LogP contribution in [0.5, 0.6) is 0 Å². The van der Waals surface area contributed by atoms with Crippen molar-refractivity contribution >= 4 is 22.2 Å². The summed E-state index contributed by atoms with van der Waals surface area (Å²) in [5.41, 5.74) is 3.75. The molecule has 0 fully saturated rings. The first kappa shape index (κ1) is 11.0. The number of alkyl halides is 1. The maximum atomic E-state index is 10.5. The van der Waals surface area contributed by atoms with E-state index in [4.69, 9.17) is 0 Å². The van der Waals surface area contributed by atoms with Crippen LogP contribution in [0.15, 0.2) is 42.6 Å². The van der Waals surface area contributed by atoms with Gasteiger partial charge in [-0.25, -0.2) is 0 Å². The van der Waals surface area contributed by atoms with Gasteiger partial charge in [0.25, 0.3) is 0 Å². The van der Waals surface area contributed by atoms with Crippen LogP contribution in [0.1, 0.15) is 15.9 Å². The smallest absolute Gasteiger partial charge is 0.151 e. The summed E-state index contributed by atoms with van der Waals surface area (Å²) < 4.78 is 0. The van der Waals surface area contributed by atoms with Crippen LogP contribution in [-0.4, -0.2) is 11.3 Å². The summed E-state index contributed by atoms with van der Waals surface area (Å²) in [4.78, 5) is 14.8. The number of nitrogens with zero attached hydrogens (tertiary/aromatic N) is 1. The summed E-state index contributed by atoms with van der Waals surface area (Å²) in [6.07, 6.45) is 2.38. The number of rotatable bonds is 3. The number of pyridine rings is 1. The van der Waals surface area contributed by atoms with Crippen molar-refractivity contribution in [1.29, 1.82) is 0 Å². The molecule has 2 nitrogen and oxygen atoms in total. The Labute approximate surface area is 102 Å². The van der Waals surface area contributed by atoms with Crippen LogP contribution >= 0.6 is 15.9 Å². The summed E-state index contributed by atoms with van der Waals surface area (Å²) >= 11 is 3.42. The molecule has 0 aliphatic rings. The van der Waals surface area contributed by atoms with Gasteiger partial charge in [-0.15, -0.1) is 0 Å². The van der Waals surface area contributed by atoms with Crippen molar-refractivity contribution in [2.24, 2.45) is 0 Å². The second-order valence-corrected chi connectivity index (χ2v) is 3.99. The van der Waals surface area contributed by atoms with Crippen molar-refractivity contribution in [3.8, 4) is 11.3 Å². The Kier molecular flexibility index (Phi) is 3.47. The molecule has 0 aliphatic heterocycles. The predicted molar refractivity (Wildman–Crippen MR) is 67.7 cm³/mol. The number of carbonyl (C=O) groups is 1. The van der Waals surface area contributed by atoms with Crippen molar-refractivity contribution < 1.29 is 4.79 Å². The van der Waals surface area contributed by atoms with Gasteiger partial charge in [0.2, 0.25) is 0 Å². The highest BCUT2D eigenvalue weighted by atomic mass is 79.9. The zero-order chi connectivity index (χ0) is 11.4. The molecule has 2 rings (SSSR count). The maximum absolute atomic E-state index is 10.5. The van der Waals surface area contributed by atoms with E-state index < -0.39 is 0 Å². The molecule has 0 saturated heterocycles. The molecule has 3 heteroatoms. The maximum Gasteiger partial charge on any atom is 0.151 e. The van der Waals surface area contributed by atoms with E-state index in [1.807, 2.05) is 18.2 Å². The first-order chi connectivity index (χ1) is 7.83. The highest BCUT2D eigenvalue weighted by Gasteiger charge is 2.00. The molecule has 0 saturated carbocycles. The van der Waals surface area contributed by atoms with E-state index in [0.717, 1.165) is 22.9 Å². The van der Waals surface area contributed by atoms with Gasteiger partial charge in [-0.3, -0.25) is 9.78 Å². The van der Waals surface area contributed by atoms with E-state index in [1.165, 1.54) is 5.56 Å². The number of hydrogen-bond acceptors (Lipinski definition) is 2. The van der Waals surface area contributed by atoms with Gasteiger partial charge in [0.15, 0.2) is 6.29 Å². The fourth-order valence-electron chi connectivity index (χ4n) is 1.46. The molecule has 0 bridgehead atoms. The lowest BCUT2D eigenvalue weighted by Crippen LogP contribution is -1.87. The third-order valence-corrected chi connectivity index (χ3v) is 2.95. The first-order valence-electron chi connectivity index (χ1n) is 4.90. The van der Waals surface area contributed by atoms with Gasteiger partial charge in [0.05, 0.1) is 5.69 Å². The molecule has 2 aromatic rings. The Hall–Kier alpha value is -1.48. The molecule has 0 N–H and O–H groups in total. The van der Waals surface area contributed by atoms with Crippen LogP contribution in [0.4, 0.5) is 0 Å². The third-order valence-electron chi connectivity index (χ3n) is 2.30. The number of hydrogen-bond donors (Lipinski definition) is 0. The number of aromatic nitrogens is 1. The lowest BCUT2D eigenvalue weighted by Gasteiger charge is -2.02. The van der Waals surface area contributed by atoms with Gasteiger partial charge in [-0.1, -0.05) is 34.1 Å². The van der Waals surface area contributed by atoms with Crippen molar-refractivity contribution in [2.75, 3.05) is 0 Å².